The van der Waals surface area contributed by atoms with Crippen LogP contribution in [0.15, 0.2) is 58.8 Å². The molecular formula is C22H21N3O4S2. The smallest absolute Gasteiger partial charge is 0.268 e. The molecule has 3 aromatic rings. The predicted octanol–water partition coefficient (Wildman–Crippen LogP) is 4.02. The number of carbonyl (C=O) groups is 2. The minimum atomic E-state index is -3.81. The van der Waals surface area contributed by atoms with Crippen LogP contribution in [0.5, 0.6) is 0 Å². The van der Waals surface area contributed by atoms with Gasteiger partial charge in [-0.05, 0) is 72.3 Å². The lowest BCUT2D eigenvalue weighted by Gasteiger charge is -2.17. The van der Waals surface area contributed by atoms with Crippen LogP contribution >= 0.6 is 11.3 Å². The average molecular weight is 456 g/mol. The second-order valence-corrected chi connectivity index (χ2v) is 9.89. The number of thiophene rings is 1. The SMILES string of the molecule is CC(=O)Nc1ccc(S(=O)(=O)Nc2ccc3c(c2)CCN3C(=O)c2cccs2)c(C)c1. The van der Waals surface area contributed by atoms with Crippen LogP contribution < -0.4 is 14.9 Å². The van der Waals surface area contributed by atoms with Crippen LogP contribution in [-0.2, 0) is 21.2 Å². The van der Waals surface area contributed by atoms with Gasteiger partial charge in [0.05, 0.1) is 9.77 Å². The lowest BCUT2D eigenvalue weighted by molar-refractivity contribution is -0.114. The molecule has 2 amide bonds. The molecule has 2 N–H and O–H groups in total. The molecule has 160 valence electrons. The van der Waals surface area contributed by atoms with E-state index in [0.717, 1.165) is 11.3 Å². The van der Waals surface area contributed by atoms with Crippen molar-refractivity contribution >= 4 is 50.2 Å². The number of nitrogens with one attached hydrogen (secondary N) is 2. The topological polar surface area (TPSA) is 95.6 Å². The van der Waals surface area contributed by atoms with Crippen molar-refractivity contribution < 1.29 is 18.0 Å². The van der Waals surface area contributed by atoms with Gasteiger partial charge in [-0.15, -0.1) is 11.3 Å². The molecule has 1 aliphatic heterocycles. The number of amides is 2. The van der Waals surface area contributed by atoms with E-state index in [1.54, 1.807) is 48.2 Å². The zero-order chi connectivity index (χ0) is 22.2. The lowest BCUT2D eigenvalue weighted by atomic mass is 10.1. The van der Waals surface area contributed by atoms with Crippen molar-refractivity contribution in [3.63, 3.8) is 0 Å². The van der Waals surface area contributed by atoms with Crippen molar-refractivity contribution in [2.75, 3.05) is 21.5 Å². The van der Waals surface area contributed by atoms with Crippen LogP contribution in [0.2, 0.25) is 0 Å². The highest BCUT2D eigenvalue weighted by atomic mass is 32.2. The first kappa shape index (κ1) is 21.1. The van der Waals surface area contributed by atoms with Crippen LogP contribution in [0, 0.1) is 6.92 Å². The van der Waals surface area contributed by atoms with Crippen molar-refractivity contribution in [3.8, 4) is 0 Å². The summed E-state index contributed by atoms with van der Waals surface area (Å²) in [6.45, 7) is 3.63. The molecule has 0 bridgehead atoms. The number of carbonyl (C=O) groups excluding carboxylic acids is 2. The van der Waals surface area contributed by atoms with E-state index in [4.69, 9.17) is 0 Å². The summed E-state index contributed by atoms with van der Waals surface area (Å²) in [7, 11) is -3.81. The second-order valence-electron chi connectivity index (χ2n) is 7.29. The molecule has 0 saturated carbocycles. The fourth-order valence-corrected chi connectivity index (χ4v) is 5.60. The quantitative estimate of drug-likeness (QED) is 0.607. The van der Waals surface area contributed by atoms with Crippen molar-refractivity contribution in [2.45, 2.75) is 25.2 Å². The maximum Gasteiger partial charge on any atom is 0.268 e. The molecule has 31 heavy (non-hydrogen) atoms. The maximum absolute atomic E-state index is 12.9. The Morgan fingerprint density at radius 3 is 2.52 bits per heavy atom. The van der Waals surface area contributed by atoms with Crippen LogP contribution in [0.4, 0.5) is 17.1 Å². The molecule has 0 atom stereocenters. The van der Waals surface area contributed by atoms with E-state index in [2.05, 4.69) is 10.0 Å². The first-order chi connectivity index (χ1) is 14.7. The van der Waals surface area contributed by atoms with Gasteiger partial charge in [0, 0.05) is 30.5 Å². The zero-order valence-electron chi connectivity index (χ0n) is 17.0. The number of sulfonamides is 1. The largest absolute Gasteiger partial charge is 0.326 e. The maximum atomic E-state index is 12.9. The number of aryl methyl sites for hydroxylation is 1. The van der Waals surface area contributed by atoms with Gasteiger partial charge < -0.3 is 10.2 Å². The van der Waals surface area contributed by atoms with E-state index in [1.165, 1.54) is 24.3 Å². The van der Waals surface area contributed by atoms with E-state index in [0.29, 0.717) is 34.8 Å². The number of anilines is 3. The predicted molar refractivity (Wildman–Crippen MR) is 122 cm³/mol. The van der Waals surface area contributed by atoms with Crippen LogP contribution in [0.3, 0.4) is 0 Å². The van der Waals surface area contributed by atoms with E-state index >= 15 is 0 Å². The Kier molecular flexibility index (Phi) is 5.55. The summed E-state index contributed by atoms with van der Waals surface area (Å²) in [6, 6.07) is 13.5. The first-order valence-electron chi connectivity index (χ1n) is 9.64. The lowest BCUT2D eigenvalue weighted by Crippen LogP contribution is -2.28. The van der Waals surface area contributed by atoms with Gasteiger partial charge in [-0.1, -0.05) is 6.07 Å². The van der Waals surface area contributed by atoms with Gasteiger partial charge >= 0.3 is 0 Å². The Balaban J connectivity index is 1.55. The van der Waals surface area contributed by atoms with Gasteiger partial charge in [-0.2, -0.15) is 0 Å². The Labute approximate surface area is 184 Å². The highest BCUT2D eigenvalue weighted by molar-refractivity contribution is 7.92. The fraction of sp³-hybridized carbons (Fsp3) is 0.182. The summed E-state index contributed by atoms with van der Waals surface area (Å²) >= 11 is 1.40. The normalized spacial score (nSPS) is 13.0. The van der Waals surface area contributed by atoms with Crippen molar-refractivity contribution in [3.05, 3.63) is 69.9 Å². The van der Waals surface area contributed by atoms with E-state index in [1.807, 2.05) is 11.4 Å². The van der Waals surface area contributed by atoms with Crippen molar-refractivity contribution in [1.82, 2.24) is 0 Å². The molecule has 4 rings (SSSR count). The van der Waals surface area contributed by atoms with E-state index < -0.39 is 10.0 Å². The average Bonchev–Trinajstić information content (AvgIpc) is 3.36. The van der Waals surface area contributed by atoms with Crippen molar-refractivity contribution in [1.29, 1.82) is 0 Å². The minimum absolute atomic E-state index is 0.0445. The van der Waals surface area contributed by atoms with Gasteiger partial charge in [-0.3, -0.25) is 14.3 Å². The highest BCUT2D eigenvalue weighted by Crippen LogP contribution is 2.33. The summed E-state index contributed by atoms with van der Waals surface area (Å²) in [5.41, 5.74) is 3.22. The first-order valence-corrected chi connectivity index (χ1v) is 12.0. The van der Waals surface area contributed by atoms with Gasteiger partial charge in [0.2, 0.25) is 5.91 Å². The van der Waals surface area contributed by atoms with E-state index in [9.17, 15) is 18.0 Å². The molecule has 0 aliphatic carbocycles. The molecule has 0 saturated heterocycles. The molecule has 1 aromatic heterocycles. The van der Waals surface area contributed by atoms with Gasteiger partial charge in [0.1, 0.15) is 0 Å². The number of benzene rings is 2. The molecule has 2 heterocycles. The van der Waals surface area contributed by atoms with Crippen molar-refractivity contribution in [2.24, 2.45) is 0 Å². The Bertz CT molecular complexity index is 1270. The minimum Gasteiger partial charge on any atom is -0.326 e. The van der Waals surface area contributed by atoms with Crippen LogP contribution in [-0.4, -0.2) is 26.8 Å². The summed E-state index contributed by atoms with van der Waals surface area (Å²) in [5.74, 6) is -0.269. The Hall–Kier alpha value is -3.17. The van der Waals surface area contributed by atoms with Gasteiger partial charge in [-0.25, -0.2) is 8.42 Å². The Morgan fingerprint density at radius 1 is 1.06 bits per heavy atom. The third-order valence-electron chi connectivity index (χ3n) is 4.99. The molecular weight excluding hydrogens is 434 g/mol. The number of hydrogen-bond donors (Lipinski definition) is 2. The van der Waals surface area contributed by atoms with E-state index in [-0.39, 0.29) is 16.7 Å². The zero-order valence-corrected chi connectivity index (χ0v) is 18.6. The summed E-state index contributed by atoms with van der Waals surface area (Å²) < 4.78 is 28.5. The fourth-order valence-electron chi connectivity index (χ4n) is 3.65. The van der Waals surface area contributed by atoms with Crippen LogP contribution in [0.1, 0.15) is 27.7 Å². The monoisotopic (exact) mass is 455 g/mol. The molecule has 0 spiro atoms. The highest BCUT2D eigenvalue weighted by Gasteiger charge is 2.27. The third kappa shape index (κ3) is 4.33. The number of fused-ring (bicyclic) bond motifs is 1. The van der Waals surface area contributed by atoms with Gasteiger partial charge in [0.15, 0.2) is 0 Å². The third-order valence-corrected chi connectivity index (χ3v) is 7.39. The summed E-state index contributed by atoms with van der Waals surface area (Å²) in [4.78, 5) is 26.4. The van der Waals surface area contributed by atoms with Crippen LogP contribution in [0.25, 0.3) is 0 Å². The number of hydrogen-bond acceptors (Lipinski definition) is 5. The number of rotatable bonds is 5. The molecule has 0 unspecified atom stereocenters. The molecule has 0 radical (unpaired) electrons. The molecule has 7 nitrogen and oxygen atoms in total. The molecule has 9 heteroatoms. The second kappa shape index (κ2) is 8.16. The van der Waals surface area contributed by atoms with Gasteiger partial charge in [0.25, 0.3) is 15.9 Å². The Morgan fingerprint density at radius 2 is 1.84 bits per heavy atom. The standard InChI is InChI=1S/C22H21N3O4S2/c1-14-12-17(23-15(2)26)6-8-21(14)31(28,29)24-18-5-7-19-16(13-18)9-10-25(19)22(27)20-4-3-11-30-20/h3-8,11-13,24H,9-10H2,1-2H3,(H,23,26). The molecule has 2 aromatic carbocycles. The summed E-state index contributed by atoms with van der Waals surface area (Å²) in [5, 5.41) is 4.51. The number of nitrogens with zero attached hydrogens (tertiary/aromatic N) is 1. The molecule has 1 aliphatic rings. The molecule has 0 fully saturated rings. The summed E-state index contributed by atoms with van der Waals surface area (Å²) in [6.07, 6.45) is 0.659.